The lowest BCUT2D eigenvalue weighted by Crippen LogP contribution is -2.53. The standard InChI is InChI=1S/C29H44N8O/c1-20-10-8-11-21(2)35(20)19-18-30-26(38)17-9-16-25-32-33-29-36(25)24-15-7-6-14-23(24)28-31-27(34-37(28)29)22-12-4-3-5-13-22/h3-5,12-13,20-21,23-24,27-28,31,34H,6-11,14-19H2,1-2H3,(H,30,38)/t20-,21-,23?,24?,27?,28?/m0/s1. The number of piperidine rings is 1. The van der Waals surface area contributed by atoms with Crippen molar-refractivity contribution in [2.24, 2.45) is 5.92 Å². The second-order valence-electron chi connectivity index (χ2n) is 11.8. The Kier molecular flexibility index (Phi) is 7.68. The van der Waals surface area contributed by atoms with Crippen LogP contribution in [0.2, 0.25) is 0 Å². The highest BCUT2D eigenvalue weighted by Gasteiger charge is 2.48. The van der Waals surface area contributed by atoms with Crippen molar-refractivity contribution in [2.45, 2.75) is 109 Å². The molecule has 2 aromatic rings. The van der Waals surface area contributed by atoms with Crippen LogP contribution in [0.3, 0.4) is 0 Å². The fourth-order valence-electron chi connectivity index (χ4n) is 7.37. The molecule has 4 heterocycles. The molecular formula is C29H44N8O. The van der Waals surface area contributed by atoms with Crippen molar-refractivity contribution in [3.05, 3.63) is 41.7 Å². The molecule has 4 unspecified atom stereocenters. The number of amides is 1. The third kappa shape index (κ3) is 5.08. The summed E-state index contributed by atoms with van der Waals surface area (Å²) in [5.74, 6) is 2.58. The Bertz CT molecular complexity index is 1080. The summed E-state index contributed by atoms with van der Waals surface area (Å²) in [6.45, 7) is 6.29. The minimum Gasteiger partial charge on any atom is -0.355 e. The smallest absolute Gasteiger partial charge is 0.243 e. The molecule has 1 saturated carbocycles. The van der Waals surface area contributed by atoms with E-state index >= 15 is 0 Å². The van der Waals surface area contributed by atoms with Gasteiger partial charge in [0.05, 0.1) is 0 Å². The number of aromatic nitrogens is 3. The van der Waals surface area contributed by atoms with E-state index in [1.807, 2.05) is 0 Å². The number of likely N-dealkylation sites (tertiary alicyclic amines) is 1. The normalized spacial score (nSPS) is 30.9. The lowest BCUT2D eigenvalue weighted by molar-refractivity contribution is -0.121. The second kappa shape index (κ2) is 11.3. The molecule has 4 aliphatic rings. The van der Waals surface area contributed by atoms with Gasteiger partial charge in [-0.05, 0) is 51.5 Å². The predicted octanol–water partition coefficient (Wildman–Crippen LogP) is 3.66. The third-order valence-electron chi connectivity index (χ3n) is 9.37. The summed E-state index contributed by atoms with van der Waals surface area (Å²) in [7, 11) is 0. The van der Waals surface area contributed by atoms with Crippen LogP contribution in [0.4, 0.5) is 5.95 Å². The van der Waals surface area contributed by atoms with E-state index in [1.165, 1.54) is 50.5 Å². The summed E-state index contributed by atoms with van der Waals surface area (Å²) in [5, 5.41) is 18.5. The van der Waals surface area contributed by atoms with Crippen LogP contribution in [-0.2, 0) is 11.2 Å². The van der Waals surface area contributed by atoms with Gasteiger partial charge in [0.1, 0.15) is 18.2 Å². The first kappa shape index (κ1) is 25.8. The van der Waals surface area contributed by atoms with Crippen LogP contribution in [0.5, 0.6) is 0 Å². The van der Waals surface area contributed by atoms with Crippen LogP contribution >= 0.6 is 0 Å². The number of carbonyl (C=O) groups excluding carboxylic acids is 1. The predicted molar refractivity (Wildman–Crippen MR) is 148 cm³/mol. The SMILES string of the molecule is C[C@H]1CCC[C@H](C)N1CCNC(=O)CCCc1nnc2n1C1CCCCC1C1NC(c3ccccc3)NN21. The van der Waals surface area contributed by atoms with E-state index in [9.17, 15) is 4.79 Å². The maximum absolute atomic E-state index is 12.6. The molecule has 0 radical (unpaired) electrons. The number of benzene rings is 1. The summed E-state index contributed by atoms with van der Waals surface area (Å²) in [6.07, 6.45) is 11.1. The Hall–Kier alpha value is -2.49. The van der Waals surface area contributed by atoms with Crippen LogP contribution in [0, 0.1) is 5.92 Å². The Balaban J connectivity index is 1.07. The first-order valence-electron chi connectivity index (χ1n) is 14.9. The number of aryl methyl sites for hydroxylation is 1. The van der Waals surface area contributed by atoms with Gasteiger partial charge in [-0.1, -0.05) is 49.6 Å². The molecule has 9 nitrogen and oxygen atoms in total. The van der Waals surface area contributed by atoms with Crippen molar-refractivity contribution >= 4 is 11.9 Å². The maximum Gasteiger partial charge on any atom is 0.243 e. The highest BCUT2D eigenvalue weighted by Crippen LogP contribution is 2.45. The van der Waals surface area contributed by atoms with E-state index in [0.717, 1.165) is 37.7 Å². The number of nitrogens with zero attached hydrogens (tertiary/aromatic N) is 5. The van der Waals surface area contributed by atoms with E-state index in [-0.39, 0.29) is 18.2 Å². The number of rotatable bonds is 8. The van der Waals surface area contributed by atoms with Crippen molar-refractivity contribution in [1.29, 1.82) is 0 Å². The molecule has 6 atom stereocenters. The van der Waals surface area contributed by atoms with Crippen molar-refractivity contribution in [3.8, 4) is 0 Å². The van der Waals surface area contributed by atoms with Gasteiger partial charge in [-0.3, -0.25) is 24.6 Å². The zero-order valence-electron chi connectivity index (χ0n) is 23.0. The Labute approximate surface area is 226 Å². The van der Waals surface area contributed by atoms with Gasteiger partial charge in [0, 0.05) is 50.0 Å². The van der Waals surface area contributed by atoms with Gasteiger partial charge >= 0.3 is 0 Å². The van der Waals surface area contributed by atoms with E-state index < -0.39 is 0 Å². The molecule has 1 aromatic carbocycles. The molecule has 1 aromatic heterocycles. The number of hydrazine groups is 1. The molecule has 9 heteroatoms. The van der Waals surface area contributed by atoms with Gasteiger partial charge in [-0.15, -0.1) is 10.2 Å². The number of hydrogen-bond acceptors (Lipinski definition) is 7. The number of fused-ring (bicyclic) bond motifs is 6. The van der Waals surface area contributed by atoms with Crippen LogP contribution in [0.1, 0.15) is 95.2 Å². The molecule has 0 spiro atoms. The topological polar surface area (TPSA) is 90.3 Å². The fourth-order valence-corrected chi connectivity index (χ4v) is 7.37. The quantitative estimate of drug-likeness (QED) is 0.489. The largest absolute Gasteiger partial charge is 0.355 e. The Morgan fingerprint density at radius 1 is 1.03 bits per heavy atom. The third-order valence-corrected chi connectivity index (χ3v) is 9.37. The van der Waals surface area contributed by atoms with Gasteiger partial charge in [0.15, 0.2) is 0 Å². The zero-order chi connectivity index (χ0) is 26.1. The molecule has 2 saturated heterocycles. The summed E-state index contributed by atoms with van der Waals surface area (Å²) in [6, 6.07) is 12.2. The average molecular weight is 521 g/mol. The van der Waals surface area contributed by atoms with Crippen LogP contribution in [-0.4, -0.2) is 56.9 Å². The lowest BCUT2D eigenvalue weighted by Gasteiger charge is -2.44. The number of anilines is 1. The Morgan fingerprint density at radius 3 is 2.63 bits per heavy atom. The number of hydrogen-bond donors (Lipinski definition) is 3. The molecular weight excluding hydrogens is 476 g/mol. The molecule has 206 valence electrons. The number of nitrogens with one attached hydrogen (secondary N) is 3. The minimum absolute atomic E-state index is 0.0649. The molecule has 1 amide bonds. The molecule has 3 aliphatic heterocycles. The van der Waals surface area contributed by atoms with Crippen molar-refractivity contribution < 1.29 is 4.79 Å². The molecule has 6 rings (SSSR count). The molecule has 38 heavy (non-hydrogen) atoms. The summed E-state index contributed by atoms with van der Waals surface area (Å²) >= 11 is 0. The van der Waals surface area contributed by atoms with Gasteiger partial charge in [-0.2, -0.15) is 0 Å². The minimum atomic E-state index is 0.0649. The van der Waals surface area contributed by atoms with E-state index in [4.69, 9.17) is 0 Å². The first-order valence-corrected chi connectivity index (χ1v) is 14.9. The molecule has 1 aliphatic carbocycles. The van der Waals surface area contributed by atoms with Crippen LogP contribution in [0.25, 0.3) is 0 Å². The molecule has 3 N–H and O–H groups in total. The van der Waals surface area contributed by atoms with Crippen molar-refractivity contribution in [1.82, 2.24) is 35.7 Å². The second-order valence-corrected chi connectivity index (χ2v) is 11.8. The number of carbonyl (C=O) groups is 1. The highest BCUT2D eigenvalue weighted by atomic mass is 16.1. The summed E-state index contributed by atoms with van der Waals surface area (Å²) < 4.78 is 2.39. The van der Waals surface area contributed by atoms with E-state index in [0.29, 0.717) is 30.5 Å². The average Bonchev–Trinajstić information content (AvgIpc) is 3.56. The van der Waals surface area contributed by atoms with Crippen molar-refractivity contribution in [3.63, 3.8) is 0 Å². The Morgan fingerprint density at radius 2 is 1.82 bits per heavy atom. The van der Waals surface area contributed by atoms with E-state index in [2.05, 4.69) is 84.9 Å². The lowest BCUT2D eigenvalue weighted by atomic mass is 9.81. The van der Waals surface area contributed by atoms with Crippen molar-refractivity contribution in [2.75, 3.05) is 18.1 Å². The van der Waals surface area contributed by atoms with Crippen LogP contribution in [0.15, 0.2) is 30.3 Å². The monoisotopic (exact) mass is 520 g/mol. The highest BCUT2D eigenvalue weighted by molar-refractivity contribution is 5.75. The molecule has 0 bridgehead atoms. The summed E-state index contributed by atoms with van der Waals surface area (Å²) in [5.41, 5.74) is 4.91. The van der Waals surface area contributed by atoms with Gasteiger partial charge in [0.2, 0.25) is 11.9 Å². The van der Waals surface area contributed by atoms with Gasteiger partial charge < -0.3 is 5.32 Å². The zero-order valence-corrected chi connectivity index (χ0v) is 23.0. The summed E-state index contributed by atoms with van der Waals surface area (Å²) in [4.78, 5) is 15.2. The van der Waals surface area contributed by atoms with Gasteiger partial charge in [-0.25, -0.2) is 5.43 Å². The van der Waals surface area contributed by atoms with Crippen LogP contribution < -0.4 is 21.1 Å². The fraction of sp³-hybridized carbons (Fsp3) is 0.690. The van der Waals surface area contributed by atoms with E-state index in [1.54, 1.807) is 0 Å². The van der Waals surface area contributed by atoms with Gasteiger partial charge in [0.25, 0.3) is 0 Å². The maximum atomic E-state index is 12.6. The first-order chi connectivity index (χ1) is 18.6. The molecule has 3 fully saturated rings.